The highest BCUT2D eigenvalue weighted by atomic mass is 15.4. The standard InChI is InChI=1S/C45H38N4/c1-29-47-44(2,3)45(4,5)49(29)42-24-22-34(28-46-42)39-27-41-43(37-18-12-11-17-36(37)39)38-23-21-33(26-40(38)48(41)35-15-7-6-8-16-35)32-20-19-30-13-9-10-14-31(30)25-32/h6-28H,1-5H3. The second-order valence-corrected chi connectivity index (χ2v) is 14.3. The first-order chi connectivity index (χ1) is 23.7. The Balaban J connectivity index is 1.27. The lowest BCUT2D eigenvalue weighted by atomic mass is 9.83. The third kappa shape index (κ3) is 4.44. The zero-order chi connectivity index (χ0) is 33.5. The third-order valence-electron chi connectivity index (χ3n) is 11.0. The van der Waals surface area contributed by atoms with Crippen LogP contribution in [0.15, 0.2) is 145 Å². The molecule has 0 saturated carbocycles. The van der Waals surface area contributed by atoms with Crippen LogP contribution in [0.3, 0.4) is 0 Å². The van der Waals surface area contributed by atoms with Gasteiger partial charge in [0.05, 0.1) is 22.1 Å². The Hall–Kier alpha value is -5.74. The van der Waals surface area contributed by atoms with E-state index >= 15 is 0 Å². The van der Waals surface area contributed by atoms with E-state index in [1.54, 1.807) is 0 Å². The van der Waals surface area contributed by atoms with Crippen LogP contribution in [0.5, 0.6) is 0 Å². The summed E-state index contributed by atoms with van der Waals surface area (Å²) in [4.78, 5) is 12.3. The fourth-order valence-corrected chi connectivity index (χ4v) is 7.92. The van der Waals surface area contributed by atoms with Gasteiger partial charge in [-0.25, -0.2) is 4.98 Å². The van der Waals surface area contributed by atoms with Crippen molar-refractivity contribution in [2.45, 2.75) is 45.7 Å². The van der Waals surface area contributed by atoms with Crippen molar-refractivity contribution < 1.29 is 0 Å². The SMILES string of the molecule is CC1=NC(C)(C)C(C)(C)N1c1ccc(-c2cc3c(c4ccccc24)c2ccc(-c4ccc5ccccc5c4)cc2n3-c2ccccc2)cn1. The number of hydrogen-bond donors (Lipinski definition) is 0. The molecule has 0 unspecified atom stereocenters. The Labute approximate surface area is 287 Å². The van der Waals surface area contributed by atoms with Crippen molar-refractivity contribution in [1.29, 1.82) is 0 Å². The number of hydrogen-bond acceptors (Lipinski definition) is 3. The third-order valence-corrected chi connectivity index (χ3v) is 11.0. The summed E-state index contributed by atoms with van der Waals surface area (Å²) in [5.41, 5.74) is 7.79. The largest absolute Gasteiger partial charge is 0.309 e. The van der Waals surface area contributed by atoms with Crippen molar-refractivity contribution in [3.8, 4) is 27.9 Å². The van der Waals surface area contributed by atoms with Gasteiger partial charge in [-0.2, -0.15) is 0 Å². The minimum absolute atomic E-state index is 0.195. The van der Waals surface area contributed by atoms with Gasteiger partial charge < -0.3 is 9.47 Å². The molecule has 0 radical (unpaired) electrons. The number of amidine groups is 1. The van der Waals surface area contributed by atoms with Crippen LogP contribution in [0.1, 0.15) is 34.6 Å². The van der Waals surface area contributed by atoms with E-state index < -0.39 is 0 Å². The highest BCUT2D eigenvalue weighted by Crippen LogP contribution is 2.44. The molecule has 6 aromatic carbocycles. The molecule has 3 heterocycles. The van der Waals surface area contributed by atoms with E-state index in [0.717, 1.165) is 22.9 Å². The molecule has 0 N–H and O–H groups in total. The lowest BCUT2D eigenvalue weighted by Crippen LogP contribution is -2.53. The van der Waals surface area contributed by atoms with E-state index in [0.29, 0.717) is 0 Å². The van der Waals surface area contributed by atoms with Gasteiger partial charge in [-0.05, 0) is 115 Å². The fourth-order valence-electron chi connectivity index (χ4n) is 7.92. The summed E-state index contributed by atoms with van der Waals surface area (Å²) < 4.78 is 2.43. The topological polar surface area (TPSA) is 33.4 Å². The lowest BCUT2D eigenvalue weighted by Gasteiger charge is -2.40. The summed E-state index contributed by atoms with van der Waals surface area (Å²) in [6, 6.07) is 48.6. The molecule has 0 atom stereocenters. The Bertz CT molecular complexity index is 2610. The van der Waals surface area contributed by atoms with Gasteiger partial charge in [0.15, 0.2) is 0 Å². The molecule has 0 aliphatic carbocycles. The highest BCUT2D eigenvalue weighted by Gasteiger charge is 2.48. The molecule has 1 aliphatic heterocycles. The number of nitrogens with zero attached hydrogens (tertiary/aromatic N) is 4. The van der Waals surface area contributed by atoms with Crippen LogP contribution in [0.2, 0.25) is 0 Å². The Kier molecular flexibility index (Phi) is 6.38. The molecular formula is C45H38N4. The second-order valence-electron chi connectivity index (χ2n) is 14.3. The monoisotopic (exact) mass is 634 g/mol. The van der Waals surface area contributed by atoms with E-state index in [9.17, 15) is 0 Å². The molecular weight excluding hydrogens is 597 g/mol. The zero-order valence-corrected chi connectivity index (χ0v) is 28.6. The number of aromatic nitrogens is 2. The average Bonchev–Trinajstić information content (AvgIpc) is 3.53. The van der Waals surface area contributed by atoms with Crippen LogP contribution < -0.4 is 4.90 Å². The predicted molar refractivity (Wildman–Crippen MR) is 208 cm³/mol. The predicted octanol–water partition coefficient (Wildman–Crippen LogP) is 11.6. The van der Waals surface area contributed by atoms with Crippen molar-refractivity contribution in [2.75, 3.05) is 4.90 Å². The number of anilines is 1. The maximum absolute atomic E-state index is 5.06. The molecule has 1 aliphatic rings. The van der Waals surface area contributed by atoms with Crippen molar-refractivity contribution >= 4 is 55.0 Å². The van der Waals surface area contributed by atoms with E-state index in [2.05, 4.69) is 178 Å². The number of benzene rings is 6. The number of rotatable bonds is 4. The highest BCUT2D eigenvalue weighted by molar-refractivity contribution is 6.24. The Morgan fingerprint density at radius 1 is 0.551 bits per heavy atom. The molecule has 0 saturated heterocycles. The molecule has 0 spiro atoms. The summed E-state index contributed by atoms with van der Waals surface area (Å²) >= 11 is 0. The first kappa shape index (κ1) is 29.4. The van der Waals surface area contributed by atoms with Crippen LogP contribution in [-0.4, -0.2) is 26.5 Å². The van der Waals surface area contributed by atoms with Gasteiger partial charge in [0.2, 0.25) is 0 Å². The molecule has 4 heteroatoms. The van der Waals surface area contributed by atoms with E-state index in [1.165, 1.54) is 60.0 Å². The van der Waals surface area contributed by atoms with Gasteiger partial charge in [0.1, 0.15) is 11.7 Å². The van der Waals surface area contributed by atoms with Gasteiger partial charge in [-0.15, -0.1) is 0 Å². The van der Waals surface area contributed by atoms with E-state index in [-0.39, 0.29) is 11.1 Å². The van der Waals surface area contributed by atoms with Gasteiger partial charge in [-0.1, -0.05) is 91.0 Å². The summed E-state index contributed by atoms with van der Waals surface area (Å²) in [7, 11) is 0. The molecule has 49 heavy (non-hydrogen) atoms. The molecule has 0 bridgehead atoms. The van der Waals surface area contributed by atoms with Crippen LogP contribution in [0, 0.1) is 0 Å². The van der Waals surface area contributed by atoms with Gasteiger partial charge in [0, 0.05) is 28.2 Å². The molecule has 0 amide bonds. The van der Waals surface area contributed by atoms with Crippen molar-refractivity contribution in [3.63, 3.8) is 0 Å². The van der Waals surface area contributed by atoms with Crippen LogP contribution in [-0.2, 0) is 0 Å². The number of fused-ring (bicyclic) bond motifs is 6. The Morgan fingerprint density at radius 3 is 1.96 bits per heavy atom. The summed E-state index contributed by atoms with van der Waals surface area (Å²) in [6.07, 6.45) is 2.03. The first-order valence-corrected chi connectivity index (χ1v) is 17.1. The first-order valence-electron chi connectivity index (χ1n) is 17.1. The number of pyridine rings is 1. The number of aliphatic imine (C=N–C) groups is 1. The number of para-hydroxylation sites is 1. The maximum Gasteiger partial charge on any atom is 0.134 e. The average molecular weight is 635 g/mol. The molecule has 0 fully saturated rings. The van der Waals surface area contributed by atoms with Crippen LogP contribution in [0.4, 0.5) is 5.82 Å². The van der Waals surface area contributed by atoms with Crippen molar-refractivity contribution in [2.24, 2.45) is 4.99 Å². The van der Waals surface area contributed by atoms with Crippen LogP contribution in [0.25, 0.3) is 71.3 Å². The van der Waals surface area contributed by atoms with E-state index in [4.69, 9.17) is 9.98 Å². The summed E-state index contributed by atoms with van der Waals surface area (Å²) in [6.45, 7) is 11.0. The normalized spacial score (nSPS) is 15.4. The van der Waals surface area contributed by atoms with Crippen molar-refractivity contribution in [3.05, 3.63) is 140 Å². The smallest absolute Gasteiger partial charge is 0.134 e. The summed E-state index contributed by atoms with van der Waals surface area (Å²) in [5.74, 6) is 1.92. The molecule has 2 aromatic heterocycles. The van der Waals surface area contributed by atoms with Crippen LogP contribution >= 0.6 is 0 Å². The van der Waals surface area contributed by atoms with Gasteiger partial charge in [-0.3, -0.25) is 4.99 Å². The zero-order valence-electron chi connectivity index (χ0n) is 28.6. The fraction of sp³-hybridized carbons (Fsp3) is 0.156. The lowest BCUT2D eigenvalue weighted by molar-refractivity contribution is 0.337. The Morgan fingerprint density at radius 2 is 1.22 bits per heavy atom. The molecule has 9 rings (SSSR count). The minimum atomic E-state index is -0.211. The van der Waals surface area contributed by atoms with Gasteiger partial charge >= 0.3 is 0 Å². The molecule has 4 nitrogen and oxygen atoms in total. The molecule has 238 valence electrons. The quantitative estimate of drug-likeness (QED) is 0.193. The van der Waals surface area contributed by atoms with Gasteiger partial charge in [0.25, 0.3) is 0 Å². The summed E-state index contributed by atoms with van der Waals surface area (Å²) in [5, 5.41) is 7.47. The van der Waals surface area contributed by atoms with E-state index in [1.807, 2.05) is 6.20 Å². The minimum Gasteiger partial charge on any atom is -0.309 e. The van der Waals surface area contributed by atoms with Crippen molar-refractivity contribution in [1.82, 2.24) is 9.55 Å². The molecule has 8 aromatic rings. The maximum atomic E-state index is 5.06. The second kappa shape index (κ2) is 10.6.